The number of carbonyl (C=O) groups excluding carboxylic acids is 2. The van der Waals surface area contributed by atoms with Gasteiger partial charge in [-0.15, -0.1) is 0 Å². The van der Waals surface area contributed by atoms with E-state index in [0.29, 0.717) is 24.7 Å². The van der Waals surface area contributed by atoms with Crippen molar-refractivity contribution < 1.29 is 19.8 Å². The Hall–Kier alpha value is -1.14. The third-order valence-corrected chi connectivity index (χ3v) is 4.11. The molecule has 2 amide bonds. The van der Waals surface area contributed by atoms with Crippen molar-refractivity contribution in [3.8, 4) is 0 Å². The molecular weight excluding hydrogens is 320 g/mol. The molecule has 0 fully saturated rings. The summed E-state index contributed by atoms with van der Waals surface area (Å²) in [7, 11) is 0. The summed E-state index contributed by atoms with van der Waals surface area (Å²) in [6.07, 6.45) is 0.919. The molecule has 25 heavy (non-hydrogen) atoms. The van der Waals surface area contributed by atoms with Crippen molar-refractivity contribution in [2.45, 2.75) is 97.9 Å². The Labute approximate surface area is 152 Å². The molecule has 6 heteroatoms. The van der Waals surface area contributed by atoms with E-state index < -0.39 is 35.1 Å². The van der Waals surface area contributed by atoms with Crippen molar-refractivity contribution in [1.29, 1.82) is 0 Å². The van der Waals surface area contributed by atoms with Crippen LogP contribution in [0.25, 0.3) is 0 Å². The first-order chi connectivity index (χ1) is 11.1. The predicted molar refractivity (Wildman–Crippen MR) is 100.0 cm³/mol. The smallest absolute Gasteiger partial charge is 0.229 e. The number of aliphatic hydroxyl groups is 2. The summed E-state index contributed by atoms with van der Waals surface area (Å²) >= 11 is 0. The topological polar surface area (TPSA) is 98.7 Å². The lowest BCUT2D eigenvalue weighted by atomic mass is 9.90. The second kappa shape index (κ2) is 9.53. The maximum absolute atomic E-state index is 12.2. The van der Waals surface area contributed by atoms with Gasteiger partial charge in [0.05, 0.1) is 23.3 Å². The van der Waals surface area contributed by atoms with Crippen molar-refractivity contribution in [2.75, 3.05) is 0 Å². The first kappa shape index (κ1) is 23.9. The van der Waals surface area contributed by atoms with E-state index in [4.69, 9.17) is 0 Å². The van der Waals surface area contributed by atoms with E-state index in [1.165, 1.54) is 0 Å². The molecule has 0 heterocycles. The standard InChI is InChI=1S/C19H38N2O4/c1-12(2)9-14(18(5,6)24)20-16(22)11-17(23)21-15(10-13(3)4)19(7,8)25/h12-15,24-25H,9-11H2,1-8H3,(H,20,22)(H,21,23). The van der Waals surface area contributed by atoms with Crippen LogP contribution in [0.5, 0.6) is 0 Å². The van der Waals surface area contributed by atoms with Gasteiger partial charge in [0.2, 0.25) is 11.8 Å². The zero-order chi connectivity index (χ0) is 20.0. The molecule has 0 saturated carbocycles. The van der Waals surface area contributed by atoms with Gasteiger partial charge in [-0.3, -0.25) is 9.59 Å². The van der Waals surface area contributed by atoms with Crippen molar-refractivity contribution in [1.82, 2.24) is 10.6 Å². The maximum atomic E-state index is 12.2. The highest BCUT2D eigenvalue weighted by atomic mass is 16.3. The molecule has 0 aliphatic carbocycles. The maximum Gasteiger partial charge on any atom is 0.229 e. The van der Waals surface area contributed by atoms with Gasteiger partial charge in [0.1, 0.15) is 6.42 Å². The third-order valence-electron chi connectivity index (χ3n) is 4.11. The Morgan fingerprint density at radius 2 is 1.04 bits per heavy atom. The molecule has 0 aromatic heterocycles. The Morgan fingerprint density at radius 3 is 1.24 bits per heavy atom. The first-order valence-corrected chi connectivity index (χ1v) is 9.16. The van der Waals surface area contributed by atoms with Crippen LogP contribution in [0.2, 0.25) is 0 Å². The summed E-state index contributed by atoms with van der Waals surface area (Å²) in [5, 5.41) is 25.9. The van der Waals surface area contributed by atoms with E-state index in [-0.39, 0.29) is 6.42 Å². The fourth-order valence-corrected chi connectivity index (χ4v) is 2.63. The van der Waals surface area contributed by atoms with Crippen LogP contribution in [0.1, 0.15) is 74.7 Å². The normalized spacial score (nSPS) is 15.2. The van der Waals surface area contributed by atoms with Crippen LogP contribution >= 0.6 is 0 Å². The molecule has 0 rings (SSSR count). The largest absolute Gasteiger partial charge is 0.388 e. The second-order valence-electron chi connectivity index (χ2n) is 8.98. The van der Waals surface area contributed by atoms with Crippen molar-refractivity contribution >= 4 is 11.8 Å². The molecule has 2 atom stereocenters. The minimum atomic E-state index is -1.07. The summed E-state index contributed by atoms with van der Waals surface area (Å²) in [5.41, 5.74) is -2.13. The second-order valence-corrected chi connectivity index (χ2v) is 8.98. The molecule has 2 unspecified atom stereocenters. The lowest BCUT2D eigenvalue weighted by Crippen LogP contribution is -2.53. The molecule has 0 aromatic carbocycles. The summed E-state index contributed by atoms with van der Waals surface area (Å²) in [4.78, 5) is 24.4. The van der Waals surface area contributed by atoms with Gasteiger partial charge in [-0.2, -0.15) is 0 Å². The van der Waals surface area contributed by atoms with E-state index >= 15 is 0 Å². The molecule has 0 saturated heterocycles. The molecule has 0 radical (unpaired) electrons. The zero-order valence-corrected chi connectivity index (χ0v) is 17.1. The molecule has 0 aliphatic rings. The third kappa shape index (κ3) is 10.4. The summed E-state index contributed by atoms with van der Waals surface area (Å²) in [5.74, 6) is -0.249. The van der Waals surface area contributed by atoms with E-state index in [9.17, 15) is 19.8 Å². The Kier molecular flexibility index (Phi) is 9.09. The molecular formula is C19H38N2O4. The van der Waals surface area contributed by atoms with Crippen molar-refractivity contribution in [3.05, 3.63) is 0 Å². The first-order valence-electron chi connectivity index (χ1n) is 9.16. The quantitative estimate of drug-likeness (QED) is 0.449. The van der Waals surface area contributed by atoms with Gasteiger partial charge in [-0.05, 0) is 52.4 Å². The Morgan fingerprint density at radius 1 is 0.760 bits per heavy atom. The number of nitrogens with one attached hydrogen (secondary N) is 2. The molecule has 0 bridgehead atoms. The Bertz CT molecular complexity index is 394. The van der Waals surface area contributed by atoms with Crippen LogP contribution in [0.15, 0.2) is 0 Å². The van der Waals surface area contributed by atoms with Crippen LogP contribution in [0, 0.1) is 11.8 Å². The highest BCUT2D eigenvalue weighted by molar-refractivity contribution is 5.97. The molecule has 0 aliphatic heterocycles. The Balaban J connectivity index is 4.78. The van der Waals surface area contributed by atoms with Crippen molar-refractivity contribution in [2.24, 2.45) is 11.8 Å². The number of carbonyl (C=O) groups is 2. The van der Waals surface area contributed by atoms with Crippen LogP contribution in [0.4, 0.5) is 0 Å². The molecule has 0 aromatic rings. The average molecular weight is 359 g/mol. The predicted octanol–water partition coefficient (Wildman–Crippen LogP) is 1.98. The van der Waals surface area contributed by atoms with Crippen LogP contribution < -0.4 is 10.6 Å². The van der Waals surface area contributed by atoms with Gasteiger partial charge in [-0.25, -0.2) is 0 Å². The molecule has 6 nitrogen and oxygen atoms in total. The van der Waals surface area contributed by atoms with Gasteiger partial charge >= 0.3 is 0 Å². The molecule has 0 spiro atoms. The van der Waals surface area contributed by atoms with Gasteiger partial charge < -0.3 is 20.8 Å². The zero-order valence-electron chi connectivity index (χ0n) is 17.1. The van der Waals surface area contributed by atoms with E-state index in [1.54, 1.807) is 27.7 Å². The van der Waals surface area contributed by atoms with Crippen LogP contribution in [-0.4, -0.2) is 45.3 Å². The lowest BCUT2D eigenvalue weighted by molar-refractivity contribution is -0.132. The number of hydrogen-bond acceptors (Lipinski definition) is 4. The monoisotopic (exact) mass is 358 g/mol. The summed E-state index contributed by atoms with van der Waals surface area (Å²) in [6.45, 7) is 14.6. The number of rotatable bonds is 10. The number of amides is 2. The van der Waals surface area contributed by atoms with Gasteiger partial charge in [0.25, 0.3) is 0 Å². The highest BCUT2D eigenvalue weighted by Gasteiger charge is 2.31. The van der Waals surface area contributed by atoms with Crippen LogP contribution in [0.3, 0.4) is 0 Å². The summed E-state index contributed by atoms with van der Waals surface area (Å²) in [6, 6.07) is -0.845. The SMILES string of the molecule is CC(C)CC(NC(=O)CC(=O)NC(CC(C)C)C(C)(C)O)C(C)(C)O. The summed E-state index contributed by atoms with van der Waals surface area (Å²) < 4.78 is 0. The fourth-order valence-electron chi connectivity index (χ4n) is 2.63. The van der Waals surface area contributed by atoms with Gasteiger partial charge in [0, 0.05) is 0 Å². The van der Waals surface area contributed by atoms with Crippen LogP contribution in [-0.2, 0) is 9.59 Å². The lowest BCUT2D eigenvalue weighted by Gasteiger charge is -2.32. The van der Waals surface area contributed by atoms with E-state index in [2.05, 4.69) is 10.6 Å². The number of hydrogen-bond donors (Lipinski definition) is 4. The molecule has 4 N–H and O–H groups in total. The van der Waals surface area contributed by atoms with Gasteiger partial charge in [0.15, 0.2) is 0 Å². The minimum Gasteiger partial charge on any atom is -0.388 e. The van der Waals surface area contributed by atoms with Crippen molar-refractivity contribution in [3.63, 3.8) is 0 Å². The van der Waals surface area contributed by atoms with Gasteiger partial charge in [-0.1, -0.05) is 27.7 Å². The molecule has 148 valence electrons. The van der Waals surface area contributed by atoms with E-state index in [1.807, 2.05) is 27.7 Å². The highest BCUT2D eigenvalue weighted by Crippen LogP contribution is 2.18. The van der Waals surface area contributed by atoms with E-state index in [0.717, 1.165) is 0 Å². The fraction of sp³-hybridized carbons (Fsp3) is 0.895. The minimum absolute atomic E-state index is 0.302. The average Bonchev–Trinajstić information content (AvgIpc) is 2.33.